The van der Waals surface area contributed by atoms with E-state index in [0.717, 1.165) is 0 Å². The second kappa shape index (κ2) is 6.60. The highest BCUT2D eigenvalue weighted by Gasteiger charge is 2.25. The van der Waals surface area contributed by atoms with Crippen LogP contribution in [-0.4, -0.2) is 45.2 Å². The fraction of sp³-hybridized carbons (Fsp3) is 0.176. The molecule has 0 aliphatic carbocycles. The number of hydrogen-bond donors (Lipinski definition) is 3. The molecule has 0 aromatic heterocycles. The molecule has 3 N–H and O–H groups in total. The number of nitrogens with one attached hydrogen (secondary N) is 2. The van der Waals surface area contributed by atoms with Crippen LogP contribution in [0.1, 0.15) is 10.4 Å². The Morgan fingerprint density at radius 2 is 1.75 bits per heavy atom. The number of carbonyl (C=O) groups excluding carboxylic acids is 1. The van der Waals surface area contributed by atoms with Crippen molar-refractivity contribution in [1.29, 1.82) is 0 Å². The van der Waals surface area contributed by atoms with Gasteiger partial charge in [-0.3, -0.25) is 9.52 Å². The number of fused-ring (bicyclic) bond motifs is 2. The van der Waals surface area contributed by atoms with Crippen LogP contribution in [0.4, 0.5) is 11.4 Å². The highest BCUT2D eigenvalue weighted by molar-refractivity contribution is 7.92. The van der Waals surface area contributed by atoms with Crippen molar-refractivity contribution in [1.82, 2.24) is 0 Å². The van der Waals surface area contributed by atoms with E-state index in [2.05, 4.69) is 10.0 Å². The molecule has 1 amide bonds. The first-order valence-corrected chi connectivity index (χ1v) is 9.58. The van der Waals surface area contributed by atoms with E-state index < -0.39 is 21.9 Å². The van der Waals surface area contributed by atoms with Gasteiger partial charge >= 0.3 is 5.97 Å². The van der Waals surface area contributed by atoms with E-state index in [1.807, 2.05) is 0 Å². The molecule has 2 aromatic carbocycles. The number of amides is 1. The van der Waals surface area contributed by atoms with Crippen LogP contribution >= 0.6 is 0 Å². The fourth-order valence-electron chi connectivity index (χ4n) is 2.78. The maximum Gasteiger partial charge on any atom is 0.337 e. The Morgan fingerprint density at radius 3 is 2.46 bits per heavy atom. The summed E-state index contributed by atoms with van der Waals surface area (Å²) in [7, 11) is -4.16. The molecule has 10 nitrogen and oxygen atoms in total. The Balaban J connectivity index is 1.71. The van der Waals surface area contributed by atoms with E-state index in [0.29, 0.717) is 5.75 Å². The maximum absolute atomic E-state index is 12.8. The molecule has 0 radical (unpaired) electrons. The van der Waals surface area contributed by atoms with Gasteiger partial charge in [-0.05, 0) is 18.2 Å². The average molecular weight is 406 g/mol. The first-order chi connectivity index (χ1) is 13.3. The summed E-state index contributed by atoms with van der Waals surface area (Å²) in [5.41, 5.74) is -0.253. The Hall–Kier alpha value is -3.47. The zero-order chi connectivity index (χ0) is 19.9. The molecule has 2 aliphatic rings. The van der Waals surface area contributed by atoms with Crippen molar-refractivity contribution in [2.24, 2.45) is 0 Å². The summed E-state index contributed by atoms with van der Waals surface area (Å²) in [6, 6.07) is 6.39. The van der Waals surface area contributed by atoms with Crippen molar-refractivity contribution in [2.45, 2.75) is 4.90 Å². The minimum absolute atomic E-state index is 0.156. The Morgan fingerprint density at radius 1 is 1.04 bits per heavy atom. The lowest BCUT2D eigenvalue weighted by molar-refractivity contribution is -0.118. The highest BCUT2D eigenvalue weighted by atomic mass is 32.2. The van der Waals surface area contributed by atoms with Crippen molar-refractivity contribution in [3.8, 4) is 17.2 Å². The monoisotopic (exact) mass is 406 g/mol. The highest BCUT2D eigenvalue weighted by Crippen LogP contribution is 2.37. The molecular formula is C17H14N2O8S. The topological polar surface area (TPSA) is 140 Å². The van der Waals surface area contributed by atoms with Crippen molar-refractivity contribution in [3.63, 3.8) is 0 Å². The molecule has 28 heavy (non-hydrogen) atoms. The summed E-state index contributed by atoms with van der Waals surface area (Å²) < 4.78 is 43.7. The summed E-state index contributed by atoms with van der Waals surface area (Å²) in [4.78, 5) is 22.8. The van der Waals surface area contributed by atoms with Crippen LogP contribution in [0, 0.1) is 0 Å². The zero-order valence-electron chi connectivity index (χ0n) is 14.2. The second-order valence-electron chi connectivity index (χ2n) is 5.95. The molecule has 0 saturated heterocycles. The zero-order valence-corrected chi connectivity index (χ0v) is 15.0. The van der Waals surface area contributed by atoms with Crippen molar-refractivity contribution >= 4 is 33.3 Å². The van der Waals surface area contributed by atoms with Crippen LogP contribution in [0.3, 0.4) is 0 Å². The SMILES string of the molecule is O=C1COc2ccc(S(=O)(=O)Nc3cc4c(cc3C(=O)O)OCCO4)cc2N1. The Labute approximate surface area is 159 Å². The smallest absolute Gasteiger partial charge is 0.337 e. The first-order valence-electron chi connectivity index (χ1n) is 8.10. The number of sulfonamides is 1. The van der Waals surface area contributed by atoms with Gasteiger partial charge in [0.2, 0.25) is 0 Å². The first kappa shape index (κ1) is 17.9. The molecule has 0 bridgehead atoms. The van der Waals surface area contributed by atoms with Gasteiger partial charge in [0.15, 0.2) is 18.1 Å². The Kier molecular flexibility index (Phi) is 4.23. The van der Waals surface area contributed by atoms with E-state index in [-0.39, 0.29) is 53.2 Å². The minimum Gasteiger partial charge on any atom is -0.486 e. The number of hydrogen-bond acceptors (Lipinski definition) is 7. The summed E-state index contributed by atoms with van der Waals surface area (Å²) >= 11 is 0. The van der Waals surface area contributed by atoms with Crippen LogP contribution in [0.5, 0.6) is 17.2 Å². The molecule has 0 unspecified atom stereocenters. The van der Waals surface area contributed by atoms with Gasteiger partial charge in [0.05, 0.1) is 21.8 Å². The molecule has 0 atom stereocenters. The molecule has 0 spiro atoms. The van der Waals surface area contributed by atoms with Crippen LogP contribution in [0.25, 0.3) is 0 Å². The second-order valence-corrected chi connectivity index (χ2v) is 7.63. The normalized spacial score (nSPS) is 15.1. The van der Waals surface area contributed by atoms with E-state index in [1.54, 1.807) is 0 Å². The molecular weight excluding hydrogens is 392 g/mol. The van der Waals surface area contributed by atoms with E-state index in [1.165, 1.54) is 30.3 Å². The van der Waals surface area contributed by atoms with Crippen molar-refractivity contribution in [3.05, 3.63) is 35.9 Å². The summed E-state index contributed by atoms with van der Waals surface area (Å²) in [5, 5.41) is 11.9. The van der Waals surface area contributed by atoms with Gasteiger partial charge in [-0.15, -0.1) is 0 Å². The number of carboxylic acids is 1. The van der Waals surface area contributed by atoms with Gasteiger partial charge in [-0.1, -0.05) is 0 Å². The fourth-order valence-corrected chi connectivity index (χ4v) is 3.88. The quantitative estimate of drug-likeness (QED) is 0.690. The third-order valence-corrected chi connectivity index (χ3v) is 5.41. The number of ether oxygens (including phenoxy) is 3. The molecule has 4 rings (SSSR count). The van der Waals surface area contributed by atoms with E-state index in [9.17, 15) is 23.1 Å². The van der Waals surface area contributed by atoms with Gasteiger partial charge < -0.3 is 24.6 Å². The van der Waals surface area contributed by atoms with Crippen LogP contribution < -0.4 is 24.2 Å². The summed E-state index contributed by atoms with van der Waals surface area (Å²) in [6.45, 7) is 0.368. The predicted molar refractivity (Wildman–Crippen MR) is 95.8 cm³/mol. The summed E-state index contributed by atoms with van der Waals surface area (Å²) in [5.74, 6) is -0.944. The lowest BCUT2D eigenvalue weighted by atomic mass is 10.1. The number of carbonyl (C=O) groups is 2. The molecule has 2 aliphatic heterocycles. The number of carboxylic acid groups (broad SMARTS) is 1. The molecule has 0 fully saturated rings. The minimum atomic E-state index is -4.16. The third kappa shape index (κ3) is 3.27. The molecule has 2 heterocycles. The standard InChI is InChI=1S/C17H14N2O8S/c20-16-8-27-13-2-1-9(5-12(13)18-16)28(23,24)19-11-7-15-14(25-3-4-26-15)6-10(11)17(21)22/h1-2,5-7,19H,3-4,8H2,(H,18,20)(H,21,22). The van der Waals surface area contributed by atoms with Crippen molar-refractivity contribution in [2.75, 3.05) is 29.9 Å². The number of benzene rings is 2. The molecule has 0 saturated carbocycles. The van der Waals surface area contributed by atoms with Gasteiger partial charge in [-0.25, -0.2) is 13.2 Å². The van der Waals surface area contributed by atoms with Crippen LogP contribution in [0.2, 0.25) is 0 Å². The van der Waals surface area contributed by atoms with Gasteiger partial charge in [0.25, 0.3) is 15.9 Å². The van der Waals surface area contributed by atoms with E-state index in [4.69, 9.17) is 14.2 Å². The number of rotatable bonds is 4. The summed E-state index contributed by atoms with van der Waals surface area (Å²) in [6.07, 6.45) is 0. The molecule has 11 heteroatoms. The average Bonchev–Trinajstić information content (AvgIpc) is 2.66. The van der Waals surface area contributed by atoms with E-state index >= 15 is 0 Å². The van der Waals surface area contributed by atoms with Crippen LogP contribution in [-0.2, 0) is 14.8 Å². The lowest BCUT2D eigenvalue weighted by Crippen LogP contribution is -2.25. The Bertz CT molecular complexity index is 1100. The van der Waals surface area contributed by atoms with Gasteiger partial charge in [0, 0.05) is 12.1 Å². The number of aromatic carboxylic acids is 1. The lowest BCUT2D eigenvalue weighted by Gasteiger charge is -2.21. The van der Waals surface area contributed by atoms with Gasteiger partial charge in [-0.2, -0.15) is 0 Å². The largest absolute Gasteiger partial charge is 0.486 e. The van der Waals surface area contributed by atoms with Crippen molar-refractivity contribution < 1.29 is 37.3 Å². The number of anilines is 2. The predicted octanol–water partition coefficient (Wildman–Crippen LogP) is 1.29. The molecule has 146 valence electrons. The third-order valence-electron chi connectivity index (χ3n) is 4.05. The van der Waals surface area contributed by atoms with Crippen LogP contribution in [0.15, 0.2) is 35.2 Å². The molecule has 2 aromatic rings. The van der Waals surface area contributed by atoms with Gasteiger partial charge in [0.1, 0.15) is 19.0 Å². The maximum atomic E-state index is 12.8.